The van der Waals surface area contributed by atoms with Crippen molar-refractivity contribution in [3.05, 3.63) is 518 Å². The van der Waals surface area contributed by atoms with Gasteiger partial charge in [-0.2, -0.15) is 0 Å². The van der Waals surface area contributed by atoms with Crippen molar-refractivity contribution in [2.75, 3.05) is 9.80 Å². The Labute approximate surface area is 749 Å². The van der Waals surface area contributed by atoms with E-state index in [9.17, 15) is 0 Å². The molecule has 612 valence electrons. The number of ether oxygens (including phenoxy) is 2. The molecule has 0 bridgehead atoms. The molecule has 0 aliphatic heterocycles. The van der Waals surface area contributed by atoms with Gasteiger partial charge in [0.05, 0.1) is 22.2 Å². The molecule has 8 heteroatoms. The maximum absolute atomic E-state index is 7.00. The maximum atomic E-state index is 7.00. The molecule has 2 aliphatic carbocycles. The molecule has 0 radical (unpaired) electrons. The second-order valence-electron chi connectivity index (χ2n) is 33.4. The highest BCUT2D eigenvalue weighted by Gasteiger charge is 2.50. The molecule has 0 saturated heterocycles. The Bertz CT molecular complexity index is 8230. The molecular formula is C122H78N2O6. The monoisotopic (exact) mass is 1670 g/mol. The molecule has 0 unspecified atom stereocenters. The predicted octanol–water partition coefficient (Wildman–Crippen LogP) is 33.6. The van der Waals surface area contributed by atoms with Gasteiger partial charge in [0.2, 0.25) is 0 Å². The van der Waals surface area contributed by atoms with E-state index in [2.05, 4.69) is 398 Å². The SMILES string of the molecule is c1ccc(-c2cccc3c2oc2c(N(c4ccccc4)c4ccc(C5(c6ccccc6)c6cc7oc8ccccc8c7cc6-c6cc7c(cc65)oc5ccccc57)cc4)cccc23)cc1.c1ccc(Oc2cccc3c2-c2c(Oc4ccccc4)cccc2C3(c2ccccc2)c2ccc(N(c3ccccc3)c3cccc4c3oc3c(-c5ccccc5)cccc34)cc2)cc1. The summed E-state index contributed by atoms with van der Waals surface area (Å²) in [5, 5.41) is 8.75. The average Bonchev–Trinajstić information content (AvgIpc) is 1.49. The smallest absolute Gasteiger partial charge is 0.159 e. The largest absolute Gasteiger partial charge is 0.457 e. The zero-order valence-electron chi connectivity index (χ0n) is 70.4. The van der Waals surface area contributed by atoms with Crippen LogP contribution in [0.1, 0.15) is 44.5 Å². The molecule has 4 aromatic heterocycles. The zero-order valence-corrected chi connectivity index (χ0v) is 70.4. The van der Waals surface area contributed by atoms with Gasteiger partial charge in [-0.1, -0.05) is 340 Å². The fourth-order valence-corrected chi connectivity index (χ4v) is 20.8. The fourth-order valence-electron chi connectivity index (χ4n) is 20.8. The van der Waals surface area contributed by atoms with Crippen LogP contribution in [0.25, 0.3) is 132 Å². The lowest BCUT2D eigenvalue weighted by Crippen LogP contribution is -2.28. The summed E-state index contributed by atoms with van der Waals surface area (Å²) in [7, 11) is 0. The first-order valence-electron chi connectivity index (χ1n) is 44.1. The number of furan rings is 4. The van der Waals surface area contributed by atoms with Crippen molar-refractivity contribution in [3.63, 3.8) is 0 Å². The number of benzene rings is 20. The van der Waals surface area contributed by atoms with Crippen LogP contribution < -0.4 is 19.3 Å². The summed E-state index contributed by atoms with van der Waals surface area (Å²) in [5.74, 6) is 3.06. The van der Waals surface area contributed by atoms with E-state index >= 15 is 0 Å². The Balaban J connectivity index is 0.000000140. The van der Waals surface area contributed by atoms with Crippen LogP contribution in [0.3, 0.4) is 0 Å². The minimum absolute atomic E-state index is 0.713. The van der Waals surface area contributed by atoms with E-state index in [1.807, 2.05) is 84.9 Å². The van der Waals surface area contributed by atoms with Crippen molar-refractivity contribution >= 4 is 122 Å². The summed E-state index contributed by atoms with van der Waals surface area (Å²) in [6.07, 6.45) is 0. The van der Waals surface area contributed by atoms with Crippen LogP contribution in [0.5, 0.6) is 23.0 Å². The standard InChI is InChI=1S/C61H37NO3.C61H41NO3/c1-4-16-38(17-5-1)43-24-14-25-46-47-26-15-27-54(60(47)65-59(43)46)62(41-20-8-3-9-21-41)42-32-30-40(31-33-42)61(39-18-6-2-7-19-39)52-36-57-50(44-22-10-12-28-55(44)63-57)34-48(52)49-35-51-45-23-11-13-29-56(45)64-58(51)37-53(49)61;1-6-20-42(21-7-1)49-30-16-31-50-51-32-17-35-54(60(51)65-59(49)50)62(45-24-10-3-11-25-45)46-40-38-44(39-41-46)61(43-22-8-2-9-23-43)52-33-18-36-55(63-47-26-12-4-13-27-47)57(52)58-53(61)34-19-37-56(58)64-48-28-14-5-15-29-48/h1-37H;1-41H. The van der Waals surface area contributed by atoms with Crippen molar-refractivity contribution < 1.29 is 27.1 Å². The summed E-state index contributed by atoms with van der Waals surface area (Å²) in [6.45, 7) is 0. The molecule has 0 spiro atoms. The molecule has 20 aromatic carbocycles. The molecule has 0 fully saturated rings. The zero-order chi connectivity index (χ0) is 85.8. The van der Waals surface area contributed by atoms with Crippen LogP contribution in [0.2, 0.25) is 0 Å². The Kier molecular flexibility index (Phi) is 17.9. The van der Waals surface area contributed by atoms with Crippen molar-refractivity contribution in [3.8, 4) is 67.5 Å². The summed E-state index contributed by atoms with van der Waals surface area (Å²) >= 11 is 0. The molecule has 0 atom stereocenters. The van der Waals surface area contributed by atoms with Crippen LogP contribution in [0.15, 0.2) is 491 Å². The Morgan fingerprint density at radius 3 is 0.900 bits per heavy atom. The lowest BCUT2D eigenvalue weighted by molar-refractivity contribution is 0.477. The first-order chi connectivity index (χ1) is 64.5. The molecule has 8 nitrogen and oxygen atoms in total. The van der Waals surface area contributed by atoms with E-state index in [1.54, 1.807) is 0 Å². The Hall–Kier alpha value is -17.2. The van der Waals surface area contributed by atoms with Crippen molar-refractivity contribution in [1.29, 1.82) is 0 Å². The highest BCUT2D eigenvalue weighted by molar-refractivity contribution is 6.16. The van der Waals surface area contributed by atoms with Crippen molar-refractivity contribution in [1.82, 2.24) is 0 Å². The minimum Gasteiger partial charge on any atom is -0.457 e. The summed E-state index contributed by atoms with van der Waals surface area (Å²) in [5.41, 5.74) is 29.4. The molecule has 0 saturated carbocycles. The second-order valence-corrected chi connectivity index (χ2v) is 33.4. The van der Waals surface area contributed by atoms with E-state index < -0.39 is 10.8 Å². The molecule has 0 amide bonds. The number of rotatable bonds is 16. The highest BCUT2D eigenvalue weighted by atomic mass is 16.5. The summed E-state index contributed by atoms with van der Waals surface area (Å²) in [4.78, 5) is 4.62. The lowest BCUT2D eigenvalue weighted by Gasteiger charge is -2.34. The third-order valence-electron chi connectivity index (χ3n) is 26.4. The molecule has 0 N–H and O–H groups in total. The molecule has 4 heterocycles. The van der Waals surface area contributed by atoms with Gasteiger partial charge in [-0.15, -0.1) is 0 Å². The van der Waals surface area contributed by atoms with Gasteiger partial charge in [0, 0.05) is 88.1 Å². The number of hydrogen-bond donors (Lipinski definition) is 0. The van der Waals surface area contributed by atoms with E-state index in [0.717, 1.165) is 206 Å². The van der Waals surface area contributed by atoms with Crippen LogP contribution in [-0.2, 0) is 10.8 Å². The first-order valence-corrected chi connectivity index (χ1v) is 44.1. The fraction of sp³-hybridized carbons (Fsp3) is 0.0164. The number of para-hydroxylation sites is 10. The molecule has 2 aliphatic rings. The van der Waals surface area contributed by atoms with Crippen LogP contribution in [0, 0.1) is 0 Å². The second kappa shape index (κ2) is 30.9. The predicted molar refractivity (Wildman–Crippen MR) is 530 cm³/mol. The quantitative estimate of drug-likeness (QED) is 0.0947. The van der Waals surface area contributed by atoms with Gasteiger partial charge in [0.1, 0.15) is 56.5 Å². The molecule has 26 rings (SSSR count). The van der Waals surface area contributed by atoms with Gasteiger partial charge in [-0.05, 0) is 200 Å². The highest BCUT2D eigenvalue weighted by Crippen LogP contribution is 2.64. The minimum atomic E-state index is -0.735. The number of fused-ring (bicyclic) bond motifs is 18. The number of nitrogens with zero attached hydrogens (tertiary/aromatic N) is 2. The third kappa shape index (κ3) is 12.1. The van der Waals surface area contributed by atoms with Crippen molar-refractivity contribution in [2.24, 2.45) is 0 Å². The van der Waals surface area contributed by atoms with E-state index in [0.29, 0.717) is 0 Å². The number of anilines is 6. The van der Waals surface area contributed by atoms with Gasteiger partial charge in [0.15, 0.2) is 11.2 Å². The van der Waals surface area contributed by atoms with E-state index in [1.165, 1.54) is 27.8 Å². The average molecular weight is 1670 g/mol. The van der Waals surface area contributed by atoms with Crippen molar-refractivity contribution in [2.45, 2.75) is 10.8 Å². The van der Waals surface area contributed by atoms with E-state index in [-0.39, 0.29) is 0 Å². The molecule has 130 heavy (non-hydrogen) atoms. The first kappa shape index (κ1) is 75.3. The van der Waals surface area contributed by atoms with Crippen LogP contribution >= 0.6 is 0 Å². The molecule has 24 aromatic rings. The third-order valence-corrected chi connectivity index (χ3v) is 26.4. The van der Waals surface area contributed by atoms with Gasteiger partial charge < -0.3 is 36.9 Å². The Morgan fingerprint density at radius 1 is 0.192 bits per heavy atom. The van der Waals surface area contributed by atoms with Gasteiger partial charge in [0.25, 0.3) is 0 Å². The van der Waals surface area contributed by atoms with Gasteiger partial charge >= 0.3 is 0 Å². The van der Waals surface area contributed by atoms with Gasteiger partial charge in [-0.3, -0.25) is 0 Å². The number of hydrogen-bond acceptors (Lipinski definition) is 8. The summed E-state index contributed by atoms with van der Waals surface area (Å²) < 4.78 is 41.0. The Morgan fingerprint density at radius 2 is 0.500 bits per heavy atom. The van der Waals surface area contributed by atoms with Gasteiger partial charge in [-0.25, -0.2) is 0 Å². The van der Waals surface area contributed by atoms with Crippen LogP contribution in [-0.4, -0.2) is 0 Å². The normalized spacial score (nSPS) is 12.7. The molecular weight excluding hydrogens is 1590 g/mol. The maximum Gasteiger partial charge on any atom is 0.159 e. The van der Waals surface area contributed by atoms with Crippen LogP contribution in [0.4, 0.5) is 34.1 Å². The van der Waals surface area contributed by atoms with E-state index in [4.69, 9.17) is 27.1 Å². The topological polar surface area (TPSA) is 77.5 Å². The lowest BCUT2D eigenvalue weighted by atomic mass is 9.67. The summed E-state index contributed by atoms with van der Waals surface area (Å²) in [6, 6.07) is 167.